The molecule has 8 heteroatoms. The summed E-state index contributed by atoms with van der Waals surface area (Å²) in [5, 5.41) is 12.0. The first-order valence-corrected chi connectivity index (χ1v) is 6.02. The van der Waals surface area contributed by atoms with Gasteiger partial charge >= 0.3 is 5.69 Å². The van der Waals surface area contributed by atoms with Crippen LogP contribution in [-0.2, 0) is 4.79 Å². The van der Waals surface area contributed by atoms with Crippen LogP contribution < -0.4 is 16.3 Å². The number of H-pyrrole nitrogens is 1. The predicted octanol–water partition coefficient (Wildman–Crippen LogP) is -0.256. The van der Waals surface area contributed by atoms with E-state index in [2.05, 4.69) is 25.8 Å². The number of aromatic nitrogens is 4. The summed E-state index contributed by atoms with van der Waals surface area (Å²) in [6, 6.07) is 1.77. The maximum Gasteiger partial charge on any atom is 0.348 e. The van der Waals surface area contributed by atoms with Gasteiger partial charge in [0.05, 0.1) is 0 Å². The minimum absolute atomic E-state index is 0.0143. The number of fused-ring (bicyclic) bond motifs is 1. The molecule has 102 valence electrons. The Balaban J connectivity index is 1.91. The molecular weight excluding hydrogens is 248 g/mol. The molecule has 2 heterocycles. The lowest BCUT2D eigenvalue weighted by molar-refractivity contribution is -0.121. The molecule has 2 aromatic rings. The van der Waals surface area contributed by atoms with Crippen molar-refractivity contribution in [3.05, 3.63) is 22.9 Å². The molecule has 0 radical (unpaired) electrons. The third-order valence-electron chi connectivity index (χ3n) is 2.42. The second-order valence-corrected chi connectivity index (χ2v) is 4.43. The topological polar surface area (TPSA) is 104 Å². The number of amides is 1. The van der Waals surface area contributed by atoms with Gasteiger partial charge in [0.15, 0.2) is 5.65 Å². The average Bonchev–Trinajstić information content (AvgIpc) is 2.70. The fraction of sp³-hybridized carbons (Fsp3) is 0.455. The molecule has 1 amide bonds. The molecule has 0 spiro atoms. The van der Waals surface area contributed by atoms with Crippen molar-refractivity contribution in [2.75, 3.05) is 11.9 Å². The van der Waals surface area contributed by atoms with E-state index in [1.807, 2.05) is 13.8 Å². The van der Waals surface area contributed by atoms with E-state index in [-0.39, 0.29) is 17.6 Å². The Morgan fingerprint density at radius 3 is 3.05 bits per heavy atom. The van der Waals surface area contributed by atoms with Crippen molar-refractivity contribution in [3.63, 3.8) is 0 Å². The van der Waals surface area contributed by atoms with Gasteiger partial charge in [0.2, 0.25) is 5.91 Å². The first-order valence-electron chi connectivity index (χ1n) is 6.02. The largest absolute Gasteiger partial charge is 0.369 e. The van der Waals surface area contributed by atoms with Crippen molar-refractivity contribution in [1.29, 1.82) is 0 Å². The summed E-state index contributed by atoms with van der Waals surface area (Å²) in [6.45, 7) is 4.29. The maximum absolute atomic E-state index is 11.4. The summed E-state index contributed by atoms with van der Waals surface area (Å²) >= 11 is 0. The molecule has 0 atom stereocenters. The molecule has 0 unspecified atom stereocenters. The van der Waals surface area contributed by atoms with Gasteiger partial charge in [-0.1, -0.05) is 0 Å². The van der Waals surface area contributed by atoms with E-state index in [1.165, 1.54) is 10.7 Å². The molecule has 2 aromatic heterocycles. The second kappa shape index (κ2) is 5.51. The van der Waals surface area contributed by atoms with Gasteiger partial charge in [-0.3, -0.25) is 4.79 Å². The zero-order valence-corrected chi connectivity index (χ0v) is 10.8. The maximum atomic E-state index is 11.4. The van der Waals surface area contributed by atoms with Gasteiger partial charge in [-0.15, -0.1) is 0 Å². The van der Waals surface area contributed by atoms with Crippen LogP contribution in [0.1, 0.15) is 20.3 Å². The van der Waals surface area contributed by atoms with Crippen LogP contribution in [0.25, 0.3) is 5.65 Å². The SMILES string of the molecule is CC(C)NC(=O)CCNc1cc2n[nH]c(=O)n2cn1. The molecule has 0 saturated carbocycles. The zero-order chi connectivity index (χ0) is 13.8. The highest BCUT2D eigenvalue weighted by molar-refractivity contribution is 5.76. The van der Waals surface area contributed by atoms with E-state index in [1.54, 1.807) is 6.07 Å². The van der Waals surface area contributed by atoms with Gasteiger partial charge < -0.3 is 10.6 Å². The number of rotatable bonds is 5. The lowest BCUT2D eigenvalue weighted by Crippen LogP contribution is -2.31. The molecule has 0 aliphatic heterocycles. The van der Waals surface area contributed by atoms with E-state index in [9.17, 15) is 9.59 Å². The minimum Gasteiger partial charge on any atom is -0.369 e. The lowest BCUT2D eigenvalue weighted by Gasteiger charge is -2.09. The fourth-order valence-electron chi connectivity index (χ4n) is 1.60. The van der Waals surface area contributed by atoms with Crippen LogP contribution in [0.5, 0.6) is 0 Å². The normalized spacial score (nSPS) is 10.9. The summed E-state index contributed by atoms with van der Waals surface area (Å²) in [5.74, 6) is 0.559. The molecule has 19 heavy (non-hydrogen) atoms. The van der Waals surface area contributed by atoms with Crippen LogP contribution in [0.4, 0.5) is 5.82 Å². The van der Waals surface area contributed by atoms with Crippen molar-refractivity contribution >= 4 is 17.4 Å². The number of carbonyl (C=O) groups excluding carboxylic acids is 1. The van der Waals surface area contributed by atoms with E-state index in [0.717, 1.165) is 0 Å². The summed E-state index contributed by atoms with van der Waals surface area (Å²) in [6.07, 6.45) is 1.75. The Kier molecular flexibility index (Phi) is 3.79. The molecule has 0 aliphatic carbocycles. The van der Waals surface area contributed by atoms with Crippen LogP contribution in [0.3, 0.4) is 0 Å². The smallest absolute Gasteiger partial charge is 0.348 e. The van der Waals surface area contributed by atoms with Gasteiger partial charge in [-0.2, -0.15) is 5.10 Å². The van der Waals surface area contributed by atoms with Crippen molar-refractivity contribution < 1.29 is 4.79 Å². The fourth-order valence-corrected chi connectivity index (χ4v) is 1.60. The molecule has 0 saturated heterocycles. The number of hydrogen-bond donors (Lipinski definition) is 3. The van der Waals surface area contributed by atoms with Crippen molar-refractivity contribution in [2.45, 2.75) is 26.3 Å². The van der Waals surface area contributed by atoms with E-state index >= 15 is 0 Å². The molecule has 0 fully saturated rings. The summed E-state index contributed by atoms with van der Waals surface area (Å²) < 4.78 is 1.30. The second-order valence-electron chi connectivity index (χ2n) is 4.43. The van der Waals surface area contributed by atoms with Gasteiger partial charge in [-0.05, 0) is 13.8 Å². The van der Waals surface area contributed by atoms with Gasteiger partial charge in [-0.25, -0.2) is 19.3 Å². The van der Waals surface area contributed by atoms with Crippen LogP contribution in [-0.4, -0.2) is 38.1 Å². The molecule has 0 bridgehead atoms. The number of hydrogen-bond acceptors (Lipinski definition) is 5. The quantitative estimate of drug-likeness (QED) is 0.690. The van der Waals surface area contributed by atoms with Gasteiger partial charge in [0, 0.05) is 25.1 Å². The van der Waals surface area contributed by atoms with Crippen molar-refractivity contribution in [1.82, 2.24) is 24.9 Å². The number of aromatic amines is 1. The van der Waals surface area contributed by atoms with E-state index in [4.69, 9.17) is 0 Å². The zero-order valence-electron chi connectivity index (χ0n) is 10.8. The number of anilines is 1. The third-order valence-corrected chi connectivity index (χ3v) is 2.42. The van der Waals surface area contributed by atoms with E-state index in [0.29, 0.717) is 24.4 Å². The highest BCUT2D eigenvalue weighted by atomic mass is 16.2. The molecule has 0 aliphatic rings. The summed E-state index contributed by atoms with van der Waals surface area (Å²) in [4.78, 5) is 26.7. The Labute approximate surface area is 109 Å². The van der Waals surface area contributed by atoms with Crippen molar-refractivity contribution in [3.8, 4) is 0 Å². The molecule has 8 nitrogen and oxygen atoms in total. The van der Waals surface area contributed by atoms with Crippen LogP contribution in [0.15, 0.2) is 17.2 Å². The lowest BCUT2D eigenvalue weighted by atomic mass is 10.3. The molecular formula is C11H16N6O2. The Hall–Kier alpha value is -2.38. The van der Waals surface area contributed by atoms with Crippen molar-refractivity contribution in [2.24, 2.45) is 0 Å². The predicted molar refractivity (Wildman–Crippen MR) is 70.0 cm³/mol. The Bertz CT molecular complexity index is 629. The van der Waals surface area contributed by atoms with Gasteiger partial charge in [0.25, 0.3) is 0 Å². The monoisotopic (exact) mass is 264 g/mol. The number of nitrogens with one attached hydrogen (secondary N) is 3. The Morgan fingerprint density at radius 2 is 2.32 bits per heavy atom. The van der Waals surface area contributed by atoms with Gasteiger partial charge in [0.1, 0.15) is 12.1 Å². The third kappa shape index (κ3) is 3.30. The highest BCUT2D eigenvalue weighted by Crippen LogP contribution is 2.03. The standard InChI is InChI=1S/C11H16N6O2/c1-7(2)14-10(18)3-4-12-8-5-9-15-16-11(19)17(9)6-13-8/h5-7,12H,3-4H2,1-2H3,(H,14,18)(H,16,19). The van der Waals surface area contributed by atoms with E-state index < -0.39 is 0 Å². The minimum atomic E-state index is -0.328. The Morgan fingerprint density at radius 1 is 1.53 bits per heavy atom. The summed E-state index contributed by atoms with van der Waals surface area (Å²) in [7, 11) is 0. The summed E-state index contributed by atoms with van der Waals surface area (Å²) in [5.41, 5.74) is 0.152. The highest BCUT2D eigenvalue weighted by Gasteiger charge is 2.04. The first-order chi connectivity index (χ1) is 9.06. The number of carbonyl (C=O) groups is 1. The van der Waals surface area contributed by atoms with Crippen LogP contribution in [0.2, 0.25) is 0 Å². The van der Waals surface area contributed by atoms with Crippen LogP contribution >= 0.6 is 0 Å². The molecule has 0 aromatic carbocycles. The number of nitrogens with zero attached hydrogens (tertiary/aromatic N) is 3. The van der Waals surface area contributed by atoms with Crippen LogP contribution in [0, 0.1) is 0 Å². The average molecular weight is 264 g/mol. The first kappa shape index (κ1) is 13.1. The molecule has 2 rings (SSSR count). The molecule has 3 N–H and O–H groups in total.